The molecular weight excluding hydrogens is 344 g/mol. The first-order valence-corrected chi connectivity index (χ1v) is 8.98. The van der Waals surface area contributed by atoms with Crippen molar-refractivity contribution in [1.82, 2.24) is 5.32 Å². The summed E-state index contributed by atoms with van der Waals surface area (Å²) >= 11 is 0. The van der Waals surface area contributed by atoms with Crippen molar-refractivity contribution in [3.05, 3.63) is 53.6 Å². The summed E-state index contributed by atoms with van der Waals surface area (Å²) in [6.07, 6.45) is 1.34. The van der Waals surface area contributed by atoms with Crippen LogP contribution in [0.1, 0.15) is 17.5 Å². The van der Waals surface area contributed by atoms with Crippen LogP contribution >= 0.6 is 0 Å². The van der Waals surface area contributed by atoms with Crippen LogP contribution < -0.4 is 19.7 Å². The molecule has 0 bridgehead atoms. The zero-order valence-corrected chi connectivity index (χ0v) is 15.7. The lowest BCUT2D eigenvalue weighted by Crippen LogP contribution is -2.35. The van der Waals surface area contributed by atoms with Gasteiger partial charge in [-0.25, -0.2) is 0 Å². The summed E-state index contributed by atoms with van der Waals surface area (Å²) in [4.78, 5) is 26.3. The molecule has 1 aliphatic rings. The number of para-hydroxylation sites is 1. The van der Waals surface area contributed by atoms with E-state index in [0.29, 0.717) is 31.0 Å². The molecular formula is C21H24N2O4. The summed E-state index contributed by atoms with van der Waals surface area (Å²) in [7, 11) is 3.18. The summed E-state index contributed by atoms with van der Waals surface area (Å²) in [5, 5.41) is 2.82. The van der Waals surface area contributed by atoms with Crippen LogP contribution in [-0.2, 0) is 22.4 Å². The average Bonchev–Trinajstić information content (AvgIpc) is 3.12. The topological polar surface area (TPSA) is 67.9 Å². The minimum Gasteiger partial charge on any atom is -0.493 e. The number of carbonyl (C=O) groups excluding carboxylic acids is 2. The van der Waals surface area contributed by atoms with Crippen LogP contribution in [0.2, 0.25) is 0 Å². The van der Waals surface area contributed by atoms with E-state index in [0.717, 1.165) is 23.2 Å². The number of ether oxygens (including phenoxy) is 2. The number of fused-ring (bicyclic) bond motifs is 1. The molecule has 3 rings (SSSR count). The molecule has 0 unspecified atom stereocenters. The predicted molar refractivity (Wildman–Crippen MR) is 103 cm³/mol. The van der Waals surface area contributed by atoms with Gasteiger partial charge in [0, 0.05) is 18.8 Å². The van der Waals surface area contributed by atoms with Crippen LogP contribution in [0.4, 0.5) is 5.69 Å². The molecule has 0 radical (unpaired) electrons. The highest BCUT2D eigenvalue weighted by atomic mass is 16.5. The van der Waals surface area contributed by atoms with E-state index in [1.807, 2.05) is 42.5 Å². The van der Waals surface area contributed by atoms with Gasteiger partial charge in [0.15, 0.2) is 11.5 Å². The van der Waals surface area contributed by atoms with Gasteiger partial charge in [0.1, 0.15) is 6.42 Å². The SMILES string of the molecule is COc1ccc(CCNC(=O)CC(=O)N2CCc3ccccc32)cc1OC. The molecule has 2 aromatic carbocycles. The quantitative estimate of drug-likeness (QED) is 0.762. The smallest absolute Gasteiger partial charge is 0.236 e. The van der Waals surface area contributed by atoms with Gasteiger partial charge in [0.05, 0.1) is 14.2 Å². The molecule has 1 heterocycles. The standard InChI is InChI=1S/C21H24N2O4/c1-26-18-8-7-15(13-19(18)27-2)9-11-22-20(24)14-21(25)23-12-10-16-5-3-4-6-17(16)23/h3-8,13H,9-12,14H2,1-2H3,(H,22,24). The van der Waals surface area contributed by atoms with Gasteiger partial charge in [0.2, 0.25) is 11.8 Å². The van der Waals surface area contributed by atoms with E-state index in [1.165, 1.54) is 0 Å². The second-order valence-electron chi connectivity index (χ2n) is 6.39. The lowest BCUT2D eigenvalue weighted by Gasteiger charge is -2.17. The number of hydrogen-bond donors (Lipinski definition) is 1. The van der Waals surface area contributed by atoms with Crippen LogP contribution in [-0.4, -0.2) is 39.1 Å². The Balaban J connectivity index is 1.48. The summed E-state index contributed by atoms with van der Waals surface area (Å²) in [6.45, 7) is 1.09. The Hall–Kier alpha value is -3.02. The molecule has 142 valence electrons. The maximum Gasteiger partial charge on any atom is 0.236 e. The van der Waals surface area contributed by atoms with Crippen molar-refractivity contribution >= 4 is 17.5 Å². The molecule has 0 saturated carbocycles. The third-order valence-corrected chi connectivity index (χ3v) is 4.68. The molecule has 0 spiro atoms. The van der Waals surface area contributed by atoms with Gasteiger partial charge >= 0.3 is 0 Å². The first kappa shape index (κ1) is 18.8. The Kier molecular flexibility index (Phi) is 5.96. The highest BCUT2D eigenvalue weighted by Gasteiger charge is 2.25. The number of amides is 2. The second kappa shape index (κ2) is 8.58. The van der Waals surface area contributed by atoms with Crippen LogP contribution in [0.5, 0.6) is 11.5 Å². The largest absolute Gasteiger partial charge is 0.493 e. The van der Waals surface area contributed by atoms with Crippen molar-refractivity contribution in [2.45, 2.75) is 19.3 Å². The summed E-state index contributed by atoms with van der Waals surface area (Å²) in [6, 6.07) is 13.5. The van der Waals surface area contributed by atoms with Gasteiger partial charge in [-0.3, -0.25) is 9.59 Å². The van der Waals surface area contributed by atoms with E-state index >= 15 is 0 Å². The van der Waals surface area contributed by atoms with Gasteiger partial charge in [-0.15, -0.1) is 0 Å². The summed E-state index contributed by atoms with van der Waals surface area (Å²) < 4.78 is 10.5. The molecule has 2 aromatic rings. The van der Waals surface area contributed by atoms with Crippen LogP contribution in [0, 0.1) is 0 Å². The van der Waals surface area contributed by atoms with E-state index in [-0.39, 0.29) is 18.2 Å². The first-order valence-electron chi connectivity index (χ1n) is 8.98. The molecule has 0 aliphatic carbocycles. The first-order chi connectivity index (χ1) is 13.1. The molecule has 6 nitrogen and oxygen atoms in total. The number of hydrogen-bond acceptors (Lipinski definition) is 4. The number of anilines is 1. The Morgan fingerprint density at radius 1 is 1.07 bits per heavy atom. The van der Waals surface area contributed by atoms with Gasteiger partial charge < -0.3 is 19.7 Å². The number of methoxy groups -OCH3 is 2. The molecule has 1 N–H and O–H groups in total. The lowest BCUT2D eigenvalue weighted by atomic mass is 10.1. The molecule has 0 fully saturated rings. The number of carbonyl (C=O) groups is 2. The van der Waals surface area contributed by atoms with Gasteiger partial charge in [0.25, 0.3) is 0 Å². The number of nitrogens with one attached hydrogen (secondary N) is 1. The van der Waals surface area contributed by atoms with Crippen molar-refractivity contribution in [2.24, 2.45) is 0 Å². The zero-order valence-electron chi connectivity index (χ0n) is 15.7. The zero-order chi connectivity index (χ0) is 19.2. The fourth-order valence-corrected chi connectivity index (χ4v) is 3.27. The van der Waals surface area contributed by atoms with E-state index < -0.39 is 0 Å². The maximum absolute atomic E-state index is 12.4. The second-order valence-corrected chi connectivity index (χ2v) is 6.39. The third kappa shape index (κ3) is 4.39. The Morgan fingerprint density at radius 2 is 1.85 bits per heavy atom. The summed E-state index contributed by atoms with van der Waals surface area (Å²) in [5.41, 5.74) is 3.09. The predicted octanol–water partition coefficient (Wildman–Crippen LogP) is 2.34. The van der Waals surface area contributed by atoms with E-state index in [2.05, 4.69) is 5.32 Å². The summed E-state index contributed by atoms with van der Waals surface area (Å²) in [5.74, 6) is 0.902. The normalized spacial score (nSPS) is 12.4. The maximum atomic E-state index is 12.4. The van der Waals surface area contributed by atoms with E-state index in [4.69, 9.17) is 9.47 Å². The monoisotopic (exact) mass is 368 g/mol. The molecule has 27 heavy (non-hydrogen) atoms. The van der Waals surface area contributed by atoms with Crippen molar-refractivity contribution in [1.29, 1.82) is 0 Å². The fourth-order valence-electron chi connectivity index (χ4n) is 3.27. The fraction of sp³-hybridized carbons (Fsp3) is 0.333. The third-order valence-electron chi connectivity index (χ3n) is 4.68. The van der Waals surface area contributed by atoms with E-state index in [9.17, 15) is 9.59 Å². The van der Waals surface area contributed by atoms with Crippen LogP contribution in [0.3, 0.4) is 0 Å². The van der Waals surface area contributed by atoms with E-state index in [1.54, 1.807) is 19.1 Å². The minimum atomic E-state index is -0.259. The molecule has 6 heteroatoms. The minimum absolute atomic E-state index is 0.139. The molecule has 2 amide bonds. The van der Waals surface area contributed by atoms with Crippen molar-refractivity contribution < 1.29 is 19.1 Å². The van der Waals surface area contributed by atoms with Gasteiger partial charge in [-0.1, -0.05) is 24.3 Å². The highest BCUT2D eigenvalue weighted by Crippen LogP contribution is 2.28. The number of nitrogens with zero attached hydrogens (tertiary/aromatic N) is 1. The Labute approximate surface area is 159 Å². The Morgan fingerprint density at radius 3 is 2.63 bits per heavy atom. The molecule has 0 aromatic heterocycles. The average molecular weight is 368 g/mol. The van der Waals surface area contributed by atoms with Crippen molar-refractivity contribution in [2.75, 3.05) is 32.2 Å². The van der Waals surface area contributed by atoms with Crippen LogP contribution in [0.15, 0.2) is 42.5 Å². The van der Waals surface area contributed by atoms with Crippen molar-refractivity contribution in [3.63, 3.8) is 0 Å². The van der Waals surface area contributed by atoms with Crippen molar-refractivity contribution in [3.8, 4) is 11.5 Å². The molecule has 0 saturated heterocycles. The number of rotatable bonds is 7. The van der Waals surface area contributed by atoms with Gasteiger partial charge in [-0.2, -0.15) is 0 Å². The Bertz CT molecular complexity index is 835. The molecule has 1 aliphatic heterocycles. The number of benzene rings is 2. The van der Waals surface area contributed by atoms with Gasteiger partial charge in [-0.05, 0) is 42.2 Å². The molecule has 0 atom stereocenters. The highest BCUT2D eigenvalue weighted by molar-refractivity contribution is 6.05. The van der Waals surface area contributed by atoms with Crippen LogP contribution in [0.25, 0.3) is 0 Å². The lowest BCUT2D eigenvalue weighted by molar-refractivity contribution is -0.127.